The van der Waals surface area contributed by atoms with E-state index in [-0.39, 0.29) is 6.61 Å². The summed E-state index contributed by atoms with van der Waals surface area (Å²) in [5, 5.41) is 8.43. The second-order valence-electron chi connectivity index (χ2n) is 2.31. The van der Waals surface area contributed by atoms with Crippen LogP contribution < -0.4 is 0 Å². The highest BCUT2D eigenvalue weighted by Crippen LogP contribution is 1.94. The van der Waals surface area contributed by atoms with Crippen molar-refractivity contribution in [2.24, 2.45) is 5.92 Å². The van der Waals surface area contributed by atoms with Crippen molar-refractivity contribution in [1.29, 1.82) is 0 Å². The summed E-state index contributed by atoms with van der Waals surface area (Å²) < 4.78 is 9.70. The zero-order valence-corrected chi connectivity index (χ0v) is 6.87. The molecule has 1 N–H and O–H groups in total. The highest BCUT2D eigenvalue weighted by Gasteiger charge is 2.09. The number of carboxylic acids is 1. The summed E-state index contributed by atoms with van der Waals surface area (Å²) in [5.41, 5.74) is 0. The predicted octanol–water partition coefficient (Wildman–Crippen LogP) is 0.370. The van der Waals surface area contributed by atoms with Crippen molar-refractivity contribution in [2.75, 3.05) is 26.9 Å². The average Bonchev–Trinajstić information content (AvgIpc) is 1.97. The van der Waals surface area contributed by atoms with Gasteiger partial charge in [-0.05, 0) is 6.92 Å². The lowest BCUT2D eigenvalue weighted by atomic mass is 10.2. The molecule has 1 unspecified atom stereocenters. The zero-order chi connectivity index (χ0) is 8.69. The zero-order valence-electron chi connectivity index (χ0n) is 6.87. The van der Waals surface area contributed by atoms with E-state index in [1.165, 1.54) is 0 Å². The predicted molar refractivity (Wildman–Crippen MR) is 39.5 cm³/mol. The summed E-state index contributed by atoms with van der Waals surface area (Å²) in [6.45, 7) is 2.81. The lowest BCUT2D eigenvalue weighted by Crippen LogP contribution is -2.17. The fraction of sp³-hybridized carbons (Fsp3) is 0.857. The maximum Gasteiger partial charge on any atom is 0.308 e. The fourth-order valence-electron chi connectivity index (χ4n) is 0.474. The summed E-state index contributed by atoms with van der Waals surface area (Å²) in [4.78, 5) is 10.3. The van der Waals surface area contributed by atoms with Crippen molar-refractivity contribution in [3.8, 4) is 0 Å². The molecule has 11 heavy (non-hydrogen) atoms. The maximum atomic E-state index is 10.3. The van der Waals surface area contributed by atoms with Crippen molar-refractivity contribution in [2.45, 2.75) is 6.92 Å². The number of hydrogen-bond acceptors (Lipinski definition) is 3. The molecule has 0 aliphatic rings. The molecule has 0 aliphatic carbocycles. The molecule has 0 aromatic carbocycles. The monoisotopic (exact) mass is 162 g/mol. The third-order valence-electron chi connectivity index (χ3n) is 1.22. The summed E-state index contributed by atoms with van der Waals surface area (Å²) in [7, 11) is 1.57. The van der Waals surface area contributed by atoms with Gasteiger partial charge >= 0.3 is 5.97 Å². The number of methoxy groups -OCH3 is 1. The highest BCUT2D eigenvalue weighted by molar-refractivity contribution is 5.69. The lowest BCUT2D eigenvalue weighted by molar-refractivity contribution is -0.143. The molecule has 4 nitrogen and oxygen atoms in total. The minimum Gasteiger partial charge on any atom is -0.481 e. The van der Waals surface area contributed by atoms with Crippen LogP contribution in [0.4, 0.5) is 0 Å². The van der Waals surface area contributed by atoms with Crippen LogP contribution in [0.2, 0.25) is 0 Å². The van der Waals surface area contributed by atoms with Gasteiger partial charge in [0.15, 0.2) is 0 Å². The molecule has 0 aliphatic heterocycles. The van der Waals surface area contributed by atoms with Crippen LogP contribution in [0.1, 0.15) is 6.92 Å². The normalized spacial score (nSPS) is 12.9. The van der Waals surface area contributed by atoms with E-state index < -0.39 is 11.9 Å². The number of carboxylic acid groups (broad SMARTS) is 1. The minimum atomic E-state index is -0.831. The molecule has 0 fully saturated rings. The molecule has 0 saturated carbocycles. The van der Waals surface area contributed by atoms with E-state index in [2.05, 4.69) is 0 Å². The molecule has 0 bridgehead atoms. The van der Waals surface area contributed by atoms with E-state index in [0.29, 0.717) is 13.2 Å². The van der Waals surface area contributed by atoms with Gasteiger partial charge in [-0.3, -0.25) is 4.79 Å². The van der Waals surface area contributed by atoms with Gasteiger partial charge in [-0.2, -0.15) is 0 Å². The van der Waals surface area contributed by atoms with E-state index in [1.54, 1.807) is 14.0 Å². The lowest BCUT2D eigenvalue weighted by Gasteiger charge is -2.06. The largest absolute Gasteiger partial charge is 0.481 e. The van der Waals surface area contributed by atoms with Crippen LogP contribution in [0.5, 0.6) is 0 Å². The summed E-state index contributed by atoms with van der Waals surface area (Å²) in [5.74, 6) is -1.27. The first-order valence-corrected chi connectivity index (χ1v) is 3.48. The summed E-state index contributed by atoms with van der Waals surface area (Å²) in [6, 6.07) is 0. The van der Waals surface area contributed by atoms with E-state index in [9.17, 15) is 4.79 Å². The van der Waals surface area contributed by atoms with E-state index in [1.807, 2.05) is 0 Å². The molecule has 0 aromatic rings. The Hall–Kier alpha value is -0.610. The Bertz CT molecular complexity index is 113. The molecule has 66 valence electrons. The van der Waals surface area contributed by atoms with Gasteiger partial charge < -0.3 is 14.6 Å². The van der Waals surface area contributed by atoms with Gasteiger partial charge in [-0.15, -0.1) is 0 Å². The van der Waals surface area contributed by atoms with Gasteiger partial charge in [0.25, 0.3) is 0 Å². The quantitative estimate of drug-likeness (QED) is 0.573. The Morgan fingerprint density at radius 1 is 1.55 bits per heavy atom. The summed E-state index contributed by atoms with van der Waals surface area (Å²) >= 11 is 0. The molecule has 0 radical (unpaired) electrons. The Morgan fingerprint density at radius 3 is 2.64 bits per heavy atom. The van der Waals surface area contributed by atoms with Crippen LogP contribution in [0.3, 0.4) is 0 Å². The van der Waals surface area contributed by atoms with Crippen molar-refractivity contribution < 1.29 is 19.4 Å². The topological polar surface area (TPSA) is 55.8 Å². The summed E-state index contributed by atoms with van der Waals surface area (Å²) in [6.07, 6.45) is 0. The van der Waals surface area contributed by atoms with Crippen LogP contribution in [-0.2, 0) is 14.3 Å². The molecule has 0 rings (SSSR count). The van der Waals surface area contributed by atoms with Gasteiger partial charge in [0.2, 0.25) is 0 Å². The minimum absolute atomic E-state index is 0.249. The Kier molecular flexibility index (Phi) is 5.78. The van der Waals surface area contributed by atoms with Gasteiger partial charge in [0.1, 0.15) is 0 Å². The van der Waals surface area contributed by atoms with E-state index in [0.717, 1.165) is 0 Å². The van der Waals surface area contributed by atoms with Gasteiger partial charge in [0.05, 0.1) is 25.7 Å². The van der Waals surface area contributed by atoms with Crippen molar-refractivity contribution in [3.63, 3.8) is 0 Å². The number of ether oxygens (including phenoxy) is 2. The Morgan fingerprint density at radius 2 is 2.18 bits per heavy atom. The van der Waals surface area contributed by atoms with Crippen molar-refractivity contribution >= 4 is 5.97 Å². The van der Waals surface area contributed by atoms with Crippen LogP contribution in [-0.4, -0.2) is 38.0 Å². The number of aliphatic carboxylic acids is 1. The first-order chi connectivity index (χ1) is 5.18. The van der Waals surface area contributed by atoms with Crippen molar-refractivity contribution in [1.82, 2.24) is 0 Å². The molecule has 0 spiro atoms. The van der Waals surface area contributed by atoms with Crippen LogP contribution in [0.15, 0.2) is 0 Å². The molecule has 1 atom stereocenters. The second-order valence-corrected chi connectivity index (χ2v) is 2.31. The molecule has 0 amide bonds. The maximum absolute atomic E-state index is 10.3. The third-order valence-corrected chi connectivity index (χ3v) is 1.22. The third kappa shape index (κ3) is 5.82. The molecular formula is C7H14O4. The van der Waals surface area contributed by atoms with Gasteiger partial charge in [-0.1, -0.05) is 0 Å². The first-order valence-electron chi connectivity index (χ1n) is 3.48. The second kappa shape index (κ2) is 6.12. The Balaban J connectivity index is 3.17. The molecule has 0 heterocycles. The smallest absolute Gasteiger partial charge is 0.308 e. The van der Waals surface area contributed by atoms with E-state index in [4.69, 9.17) is 14.6 Å². The SMILES string of the molecule is COCCOCC(C)C(=O)O. The van der Waals surface area contributed by atoms with E-state index >= 15 is 0 Å². The highest BCUT2D eigenvalue weighted by atomic mass is 16.5. The molecule has 0 saturated heterocycles. The first kappa shape index (κ1) is 10.4. The molecular weight excluding hydrogens is 148 g/mol. The number of rotatable bonds is 6. The van der Waals surface area contributed by atoms with Gasteiger partial charge in [-0.25, -0.2) is 0 Å². The number of carbonyl (C=O) groups is 1. The van der Waals surface area contributed by atoms with Gasteiger partial charge in [0, 0.05) is 7.11 Å². The fourth-order valence-corrected chi connectivity index (χ4v) is 0.474. The number of hydrogen-bond donors (Lipinski definition) is 1. The van der Waals surface area contributed by atoms with Crippen LogP contribution in [0.25, 0.3) is 0 Å². The standard InChI is InChI=1S/C7H14O4/c1-6(7(8)9)5-11-4-3-10-2/h6H,3-5H2,1-2H3,(H,8,9). The Labute approximate surface area is 66.1 Å². The average molecular weight is 162 g/mol. The van der Waals surface area contributed by atoms with Crippen LogP contribution in [0, 0.1) is 5.92 Å². The van der Waals surface area contributed by atoms with Crippen LogP contribution >= 0.6 is 0 Å². The molecule has 4 heteroatoms. The van der Waals surface area contributed by atoms with Crippen molar-refractivity contribution in [3.05, 3.63) is 0 Å². The molecule has 0 aromatic heterocycles.